The topological polar surface area (TPSA) is 296 Å². The van der Waals surface area contributed by atoms with E-state index < -0.39 is 94.6 Å². The Bertz CT molecular complexity index is 878. The summed E-state index contributed by atoms with van der Waals surface area (Å²) in [5.41, 5.74) is 0. The van der Waals surface area contributed by atoms with Gasteiger partial charge in [-0.25, -0.2) is 8.98 Å². The molecule has 0 unspecified atom stereocenters. The van der Waals surface area contributed by atoms with Crippen LogP contribution in [0.2, 0.25) is 0 Å². The molecule has 20 heteroatoms. The van der Waals surface area contributed by atoms with Crippen molar-refractivity contribution in [1.29, 1.82) is 0 Å². The molecule has 0 aromatic rings. The van der Waals surface area contributed by atoms with Crippen LogP contribution in [0.25, 0.3) is 0 Å². The molecule has 9 N–H and O–H groups in total. The zero-order valence-electron chi connectivity index (χ0n) is 15.5. The lowest BCUT2D eigenvalue weighted by atomic mass is 9.96. The number of nitrogens with one attached hydrogen (secondary N) is 1. The summed E-state index contributed by atoms with van der Waals surface area (Å²) in [5.74, 6) is -1.85. The molecule has 0 radical (unpaired) electrons. The van der Waals surface area contributed by atoms with Gasteiger partial charge in [-0.15, -0.1) is 0 Å². The molecule has 18 nitrogen and oxygen atoms in total. The highest BCUT2D eigenvalue weighted by Gasteiger charge is 2.54. The third kappa shape index (κ3) is 6.48. The molecule has 32 heavy (non-hydrogen) atoms. The summed E-state index contributed by atoms with van der Waals surface area (Å²) in [6, 6.07) is -2.02. The van der Waals surface area contributed by atoms with Crippen molar-refractivity contribution < 1.29 is 79.8 Å². The lowest BCUT2D eigenvalue weighted by Crippen LogP contribution is -2.67. The third-order valence-corrected chi connectivity index (χ3v) is 5.51. The maximum Gasteiger partial charge on any atom is 0.397 e. The third-order valence-electron chi connectivity index (χ3n) is 4.47. The maximum atomic E-state index is 11.3. The number of hydrogen-bond donors (Lipinski definition) is 9. The highest BCUT2D eigenvalue weighted by atomic mass is 32.3. The first-order chi connectivity index (χ1) is 14.6. The number of rotatable bonds is 8. The van der Waals surface area contributed by atoms with Crippen molar-refractivity contribution in [2.24, 2.45) is 0 Å². The zero-order chi connectivity index (χ0) is 24.6. The predicted molar refractivity (Wildman–Crippen MR) is 92.0 cm³/mol. The standard InChI is InChI=1S/C12H21NO17S2/c14-1-2-7(4(15)3(11(20)27-2)13-31(21,22)23)28-12-9(30-32(24,25)26)6(17)5(16)8(29-12)10(18)19/h2-9,11-17,20H,1H2,(H,18,19)(H,21,22,23)(H,24,25,26)/t2-,3-,4-,5+,6+,7-,8+,9-,11-,12-/m1/s1. The average Bonchev–Trinajstić information content (AvgIpc) is 2.64. The first-order valence-corrected chi connectivity index (χ1v) is 11.3. The van der Waals surface area contributed by atoms with Gasteiger partial charge in [0.25, 0.3) is 0 Å². The highest BCUT2D eigenvalue weighted by molar-refractivity contribution is 7.83. The van der Waals surface area contributed by atoms with Crippen LogP contribution in [0.1, 0.15) is 0 Å². The van der Waals surface area contributed by atoms with Crippen LogP contribution in [0.15, 0.2) is 0 Å². The Hall–Kier alpha value is -1.11. The van der Waals surface area contributed by atoms with Crippen molar-refractivity contribution in [3.63, 3.8) is 0 Å². The van der Waals surface area contributed by atoms with Crippen molar-refractivity contribution in [2.75, 3.05) is 6.61 Å². The number of aliphatic hydroxyl groups is 5. The SMILES string of the molecule is O=C(O)[C@H]1O[C@@H](O[C@H]2[C@H](O)[C@@H](NS(=O)(=O)O)[C@H](O)O[C@@H]2CO)[C@H](OS(=O)(=O)O)[C@@H](O)[C@@H]1O. The number of aliphatic hydroxyl groups excluding tert-OH is 5. The summed E-state index contributed by atoms with van der Waals surface area (Å²) in [4.78, 5) is 11.3. The Morgan fingerprint density at radius 3 is 2.00 bits per heavy atom. The van der Waals surface area contributed by atoms with Gasteiger partial charge in [0.2, 0.25) is 0 Å². The van der Waals surface area contributed by atoms with E-state index in [1.165, 1.54) is 4.72 Å². The minimum Gasteiger partial charge on any atom is -0.479 e. The molecule has 2 aliphatic heterocycles. The van der Waals surface area contributed by atoms with Gasteiger partial charge in [-0.05, 0) is 0 Å². The van der Waals surface area contributed by atoms with Crippen LogP contribution in [-0.2, 0) is 43.9 Å². The van der Waals surface area contributed by atoms with Gasteiger partial charge in [-0.2, -0.15) is 21.6 Å². The summed E-state index contributed by atoms with van der Waals surface area (Å²) in [6.07, 6.45) is -19.4. The Morgan fingerprint density at radius 1 is 0.938 bits per heavy atom. The van der Waals surface area contributed by atoms with Gasteiger partial charge in [0.05, 0.1) is 6.61 Å². The molecule has 2 aliphatic rings. The van der Waals surface area contributed by atoms with Gasteiger partial charge in [0, 0.05) is 0 Å². The van der Waals surface area contributed by atoms with Gasteiger partial charge in [0.15, 0.2) is 24.8 Å². The lowest BCUT2D eigenvalue weighted by Gasteiger charge is -2.46. The van der Waals surface area contributed by atoms with Crippen molar-refractivity contribution in [3.8, 4) is 0 Å². The van der Waals surface area contributed by atoms with Gasteiger partial charge in [-0.1, -0.05) is 0 Å². The Morgan fingerprint density at radius 2 is 1.53 bits per heavy atom. The van der Waals surface area contributed by atoms with E-state index in [1.54, 1.807) is 0 Å². The monoisotopic (exact) mass is 515 g/mol. The fourth-order valence-electron chi connectivity index (χ4n) is 3.10. The molecule has 0 saturated carbocycles. The van der Waals surface area contributed by atoms with Crippen LogP contribution >= 0.6 is 0 Å². The van der Waals surface area contributed by atoms with E-state index in [0.29, 0.717) is 0 Å². The Balaban J connectivity index is 2.38. The number of hydrogen-bond acceptors (Lipinski definition) is 14. The fraction of sp³-hybridized carbons (Fsp3) is 0.917. The largest absolute Gasteiger partial charge is 0.479 e. The highest BCUT2D eigenvalue weighted by Crippen LogP contribution is 2.30. The van der Waals surface area contributed by atoms with Crippen LogP contribution < -0.4 is 4.72 Å². The molecule has 0 spiro atoms. The van der Waals surface area contributed by atoms with Gasteiger partial charge >= 0.3 is 26.7 Å². The van der Waals surface area contributed by atoms with Crippen LogP contribution in [0.5, 0.6) is 0 Å². The van der Waals surface area contributed by atoms with Crippen molar-refractivity contribution in [3.05, 3.63) is 0 Å². The molecule has 0 aromatic heterocycles. The van der Waals surface area contributed by atoms with Crippen molar-refractivity contribution >= 4 is 26.7 Å². The van der Waals surface area contributed by atoms with Gasteiger partial charge in [0.1, 0.15) is 36.6 Å². The smallest absolute Gasteiger partial charge is 0.397 e. The molecule has 0 aliphatic carbocycles. The summed E-state index contributed by atoms with van der Waals surface area (Å²) in [6.45, 7) is -1.01. The average molecular weight is 515 g/mol. The molecule has 2 heterocycles. The van der Waals surface area contributed by atoms with Crippen molar-refractivity contribution in [2.45, 2.75) is 61.3 Å². The zero-order valence-corrected chi connectivity index (χ0v) is 17.2. The minimum atomic E-state index is -5.35. The normalized spacial score (nSPS) is 41.3. The Labute approximate surface area is 179 Å². The number of carbonyl (C=O) groups is 1. The quantitative estimate of drug-likeness (QED) is 0.136. The molecule has 2 fully saturated rings. The molecule has 0 bridgehead atoms. The number of carboxylic acid groups (broad SMARTS) is 1. The van der Waals surface area contributed by atoms with E-state index in [-0.39, 0.29) is 0 Å². The van der Waals surface area contributed by atoms with E-state index in [9.17, 15) is 47.2 Å². The summed E-state index contributed by atoms with van der Waals surface area (Å²) < 4.78 is 82.6. The molecular formula is C12H21NO17S2. The molecule has 0 aromatic carbocycles. The molecule has 10 atom stereocenters. The molecule has 2 rings (SSSR count). The number of aliphatic carboxylic acids is 1. The second-order valence-electron chi connectivity index (χ2n) is 6.69. The first-order valence-electron chi connectivity index (χ1n) is 8.48. The second-order valence-corrected chi connectivity index (χ2v) is 8.92. The fourth-order valence-corrected chi connectivity index (χ4v) is 4.18. The summed E-state index contributed by atoms with van der Waals surface area (Å²) in [7, 11) is -10.4. The Kier molecular flexibility index (Phi) is 8.50. The van der Waals surface area contributed by atoms with E-state index >= 15 is 0 Å². The van der Waals surface area contributed by atoms with Crippen molar-refractivity contribution in [1.82, 2.24) is 4.72 Å². The van der Waals surface area contributed by atoms with E-state index in [1.807, 2.05) is 0 Å². The minimum absolute atomic E-state index is 1.01. The predicted octanol–water partition coefficient (Wildman–Crippen LogP) is -6.08. The molecular weight excluding hydrogens is 494 g/mol. The van der Waals surface area contributed by atoms with Gasteiger partial charge in [-0.3, -0.25) is 9.11 Å². The van der Waals surface area contributed by atoms with Crippen LogP contribution in [0, 0.1) is 0 Å². The number of ether oxygens (including phenoxy) is 3. The van der Waals surface area contributed by atoms with E-state index in [4.69, 9.17) is 28.4 Å². The van der Waals surface area contributed by atoms with Crippen LogP contribution in [0.3, 0.4) is 0 Å². The molecule has 2 saturated heterocycles. The summed E-state index contributed by atoms with van der Waals surface area (Å²) >= 11 is 0. The van der Waals surface area contributed by atoms with Gasteiger partial charge < -0.3 is 44.8 Å². The van der Waals surface area contributed by atoms with E-state index in [0.717, 1.165) is 0 Å². The second kappa shape index (κ2) is 10.0. The van der Waals surface area contributed by atoms with Crippen LogP contribution in [-0.4, -0.2) is 131 Å². The first kappa shape index (κ1) is 27.1. The lowest BCUT2D eigenvalue weighted by molar-refractivity contribution is -0.336. The van der Waals surface area contributed by atoms with E-state index in [2.05, 4.69) is 4.18 Å². The molecule has 188 valence electrons. The summed E-state index contributed by atoms with van der Waals surface area (Å²) in [5, 5.41) is 58.7. The van der Waals surface area contributed by atoms with Crippen LogP contribution in [0.4, 0.5) is 0 Å². The number of carboxylic acids is 1. The molecule has 0 amide bonds. The maximum absolute atomic E-state index is 11.3.